The third kappa shape index (κ3) is 2.39. The summed E-state index contributed by atoms with van der Waals surface area (Å²) >= 11 is 2.32. The third-order valence-electron chi connectivity index (χ3n) is 2.75. The molecule has 0 aromatic heterocycles. The largest absolute Gasteiger partial charge is 0.475 e. The maximum atomic E-state index is 5.70. The second-order valence-electron chi connectivity index (χ2n) is 5.11. The number of nitrogens with zero attached hydrogens (tertiary/aromatic N) is 1. The molecule has 0 aliphatic carbocycles. The molecule has 0 fully saturated rings. The smallest absolute Gasteiger partial charge is 0.217 e. The topological polar surface area (TPSA) is 21.6 Å². The van der Waals surface area contributed by atoms with Gasteiger partial charge in [0, 0.05) is 9.13 Å². The minimum absolute atomic E-state index is 0.169. The Morgan fingerprint density at radius 1 is 1.31 bits per heavy atom. The van der Waals surface area contributed by atoms with E-state index in [-0.39, 0.29) is 11.5 Å². The van der Waals surface area contributed by atoms with E-state index in [1.165, 1.54) is 3.57 Å². The van der Waals surface area contributed by atoms with Gasteiger partial charge in [-0.05, 0) is 40.1 Å². The van der Waals surface area contributed by atoms with Crippen LogP contribution in [-0.4, -0.2) is 18.5 Å². The lowest BCUT2D eigenvalue weighted by Crippen LogP contribution is -2.25. The van der Waals surface area contributed by atoms with Crippen molar-refractivity contribution < 1.29 is 4.74 Å². The average molecular weight is 329 g/mol. The van der Waals surface area contributed by atoms with E-state index in [9.17, 15) is 0 Å². The minimum atomic E-state index is 0.169. The molecule has 0 amide bonds. The second-order valence-corrected chi connectivity index (χ2v) is 6.27. The molecule has 1 aromatic carbocycles. The Kier molecular flexibility index (Phi) is 3.24. The molecular formula is C13H16INO. The fourth-order valence-electron chi connectivity index (χ4n) is 1.60. The monoisotopic (exact) mass is 329 g/mol. The first-order valence-corrected chi connectivity index (χ1v) is 6.52. The van der Waals surface area contributed by atoms with Gasteiger partial charge in [-0.2, -0.15) is 0 Å². The van der Waals surface area contributed by atoms with Crippen molar-refractivity contribution in [2.45, 2.75) is 26.8 Å². The van der Waals surface area contributed by atoms with Crippen LogP contribution in [0.4, 0.5) is 0 Å². The molecule has 1 heterocycles. The van der Waals surface area contributed by atoms with Gasteiger partial charge in [-0.25, -0.2) is 4.99 Å². The van der Waals surface area contributed by atoms with Crippen molar-refractivity contribution in [1.29, 1.82) is 0 Å². The molecule has 3 heteroatoms. The van der Waals surface area contributed by atoms with Gasteiger partial charge in [0.15, 0.2) is 0 Å². The van der Waals surface area contributed by atoms with Crippen LogP contribution in [0.1, 0.15) is 26.3 Å². The van der Waals surface area contributed by atoms with Gasteiger partial charge < -0.3 is 4.74 Å². The highest BCUT2D eigenvalue weighted by atomic mass is 127. The normalized spacial score (nSPS) is 20.5. The molecule has 0 spiro atoms. The molecule has 0 unspecified atom stereocenters. The highest BCUT2D eigenvalue weighted by molar-refractivity contribution is 14.1. The van der Waals surface area contributed by atoms with Gasteiger partial charge in [0.1, 0.15) is 6.61 Å². The van der Waals surface area contributed by atoms with Crippen LogP contribution in [0.3, 0.4) is 0 Å². The molecule has 2 nitrogen and oxygen atoms in total. The number of hydrogen-bond acceptors (Lipinski definition) is 2. The first-order valence-electron chi connectivity index (χ1n) is 5.44. The molecule has 1 aliphatic heterocycles. The standard InChI is InChI=1S/C13H16INO/c1-13(2,3)11-8-16-12(15-11)9-6-4-5-7-10(9)14/h4-7,11H,8H2,1-3H3/t11-/m1/s1. The molecule has 1 aromatic rings. The minimum Gasteiger partial charge on any atom is -0.475 e. The van der Waals surface area contributed by atoms with Gasteiger partial charge in [-0.15, -0.1) is 0 Å². The summed E-state index contributed by atoms with van der Waals surface area (Å²) in [5.41, 5.74) is 1.27. The quantitative estimate of drug-likeness (QED) is 0.723. The Morgan fingerprint density at radius 2 is 2.00 bits per heavy atom. The van der Waals surface area contributed by atoms with Gasteiger partial charge in [-0.3, -0.25) is 0 Å². The summed E-state index contributed by atoms with van der Waals surface area (Å²) in [5, 5.41) is 0. The van der Waals surface area contributed by atoms with Crippen LogP contribution in [0.15, 0.2) is 29.3 Å². The summed E-state index contributed by atoms with van der Waals surface area (Å²) in [5.74, 6) is 0.796. The molecule has 0 saturated carbocycles. The van der Waals surface area contributed by atoms with Crippen LogP contribution < -0.4 is 0 Å². The Balaban J connectivity index is 2.28. The Morgan fingerprint density at radius 3 is 2.56 bits per heavy atom. The third-order valence-corrected chi connectivity index (χ3v) is 3.70. The molecule has 0 saturated heterocycles. The summed E-state index contributed by atoms with van der Waals surface area (Å²) in [6.07, 6.45) is 0. The molecule has 2 rings (SSSR count). The lowest BCUT2D eigenvalue weighted by molar-refractivity contribution is 0.236. The first kappa shape index (κ1) is 11.9. The molecule has 1 aliphatic rings. The van der Waals surface area contributed by atoms with Crippen LogP contribution in [0, 0.1) is 8.99 Å². The zero-order chi connectivity index (χ0) is 11.8. The predicted molar refractivity (Wildman–Crippen MR) is 74.9 cm³/mol. The molecule has 0 N–H and O–H groups in total. The predicted octanol–water partition coefficient (Wildman–Crippen LogP) is 3.48. The number of benzene rings is 1. The summed E-state index contributed by atoms with van der Waals surface area (Å²) in [4.78, 5) is 4.68. The van der Waals surface area contributed by atoms with Gasteiger partial charge >= 0.3 is 0 Å². The van der Waals surface area contributed by atoms with E-state index in [1.807, 2.05) is 12.1 Å². The van der Waals surface area contributed by atoms with Gasteiger partial charge in [0.05, 0.1) is 6.04 Å². The van der Waals surface area contributed by atoms with Crippen LogP contribution >= 0.6 is 22.6 Å². The Hall–Kier alpha value is -0.580. The molecule has 86 valence electrons. The van der Waals surface area contributed by atoms with E-state index in [0.717, 1.165) is 11.5 Å². The first-order chi connectivity index (χ1) is 7.48. The summed E-state index contributed by atoms with van der Waals surface area (Å²) < 4.78 is 6.89. The van der Waals surface area contributed by atoms with Gasteiger partial charge in [0.2, 0.25) is 5.90 Å². The van der Waals surface area contributed by atoms with Crippen molar-refractivity contribution in [2.24, 2.45) is 10.4 Å². The van der Waals surface area contributed by atoms with Crippen molar-refractivity contribution in [3.8, 4) is 0 Å². The van der Waals surface area contributed by atoms with Crippen molar-refractivity contribution >= 4 is 28.5 Å². The van der Waals surface area contributed by atoms with Crippen molar-refractivity contribution in [3.63, 3.8) is 0 Å². The van der Waals surface area contributed by atoms with Crippen LogP contribution in [0.2, 0.25) is 0 Å². The Bertz CT molecular complexity index is 420. The average Bonchev–Trinajstić information content (AvgIpc) is 2.66. The maximum Gasteiger partial charge on any atom is 0.217 e. The number of rotatable bonds is 1. The van der Waals surface area contributed by atoms with Crippen LogP contribution in [-0.2, 0) is 4.74 Å². The van der Waals surface area contributed by atoms with Crippen molar-refractivity contribution in [2.75, 3.05) is 6.61 Å². The highest BCUT2D eigenvalue weighted by Gasteiger charge is 2.30. The molecular weight excluding hydrogens is 313 g/mol. The molecule has 0 bridgehead atoms. The van der Waals surface area contributed by atoms with Crippen molar-refractivity contribution in [1.82, 2.24) is 0 Å². The molecule has 1 atom stereocenters. The zero-order valence-corrected chi connectivity index (χ0v) is 12.0. The maximum absolute atomic E-state index is 5.70. The second kappa shape index (κ2) is 4.35. The molecule has 0 radical (unpaired) electrons. The van der Waals surface area contributed by atoms with Crippen LogP contribution in [0.5, 0.6) is 0 Å². The van der Waals surface area contributed by atoms with E-state index >= 15 is 0 Å². The number of ether oxygens (including phenoxy) is 1. The van der Waals surface area contributed by atoms with E-state index in [0.29, 0.717) is 6.61 Å². The van der Waals surface area contributed by atoms with E-state index in [1.54, 1.807) is 0 Å². The number of aliphatic imine (C=N–C) groups is 1. The lowest BCUT2D eigenvalue weighted by Gasteiger charge is -2.21. The molecule has 16 heavy (non-hydrogen) atoms. The van der Waals surface area contributed by atoms with Gasteiger partial charge in [-0.1, -0.05) is 32.9 Å². The number of halogens is 1. The SMILES string of the molecule is CC(C)(C)[C@H]1COC(c2ccccc2I)=N1. The zero-order valence-electron chi connectivity index (χ0n) is 9.83. The van der Waals surface area contributed by atoms with Crippen LogP contribution in [0.25, 0.3) is 0 Å². The number of hydrogen-bond donors (Lipinski definition) is 0. The van der Waals surface area contributed by atoms with E-state index in [4.69, 9.17) is 4.74 Å². The summed E-state index contributed by atoms with van der Waals surface area (Å²) in [7, 11) is 0. The highest BCUT2D eigenvalue weighted by Crippen LogP contribution is 2.28. The van der Waals surface area contributed by atoms with Gasteiger partial charge in [0.25, 0.3) is 0 Å². The van der Waals surface area contributed by atoms with Crippen molar-refractivity contribution in [3.05, 3.63) is 33.4 Å². The fraction of sp³-hybridized carbons (Fsp3) is 0.462. The fourth-order valence-corrected chi connectivity index (χ4v) is 2.22. The van der Waals surface area contributed by atoms with E-state index in [2.05, 4.69) is 60.5 Å². The van der Waals surface area contributed by atoms with E-state index < -0.39 is 0 Å². The summed E-state index contributed by atoms with van der Waals surface area (Å²) in [6.45, 7) is 7.29. The summed E-state index contributed by atoms with van der Waals surface area (Å²) in [6, 6.07) is 8.45. The lowest BCUT2D eigenvalue weighted by atomic mass is 9.88. The Labute approximate surface area is 110 Å².